The molecule has 2 aromatic carbocycles. The topological polar surface area (TPSA) is 57.9 Å². The molecule has 6 heteroatoms. The monoisotopic (exact) mass is 353 g/mol. The summed E-state index contributed by atoms with van der Waals surface area (Å²) in [5, 5.41) is 8.65. The van der Waals surface area contributed by atoms with Gasteiger partial charge in [-0.05, 0) is 30.3 Å². The second-order valence-corrected chi connectivity index (χ2v) is 7.04. The molecule has 0 N–H and O–H groups in total. The molecular weight excluding hydrogens is 345 g/mol. The van der Waals surface area contributed by atoms with Gasteiger partial charge in [0.15, 0.2) is 9.84 Å². The smallest absolute Gasteiger partial charge is 0.182 e. The van der Waals surface area contributed by atoms with Crippen molar-refractivity contribution >= 4 is 25.8 Å². The van der Waals surface area contributed by atoms with Gasteiger partial charge >= 0.3 is 0 Å². The lowest BCUT2D eigenvalue weighted by Gasteiger charge is -2.06. The summed E-state index contributed by atoms with van der Waals surface area (Å²) in [6.07, 6.45) is 0. The predicted molar refractivity (Wildman–Crippen MR) is 76.1 cm³/mol. The van der Waals surface area contributed by atoms with E-state index in [0.29, 0.717) is 4.47 Å². The molecule has 0 saturated heterocycles. The highest BCUT2D eigenvalue weighted by molar-refractivity contribution is 9.10. The van der Waals surface area contributed by atoms with Crippen LogP contribution >= 0.6 is 15.9 Å². The normalized spacial score (nSPS) is 11.1. The van der Waals surface area contributed by atoms with Crippen molar-refractivity contribution in [3.63, 3.8) is 0 Å². The molecule has 0 radical (unpaired) electrons. The zero-order valence-corrected chi connectivity index (χ0v) is 12.6. The molecule has 0 atom stereocenters. The fourth-order valence-corrected chi connectivity index (χ4v) is 3.64. The van der Waals surface area contributed by atoms with Gasteiger partial charge in [0.2, 0.25) is 0 Å². The van der Waals surface area contributed by atoms with Gasteiger partial charge in [0.1, 0.15) is 5.82 Å². The standard InChI is InChI=1S/C14H9BrFNO2S/c15-12-2-1-3-13(7-12)20(18,19)9-11-5-4-10(8-17)6-14(11)16/h1-7H,9H2. The Bertz CT molecular complexity index is 797. The van der Waals surface area contributed by atoms with Crippen LogP contribution in [0.2, 0.25) is 0 Å². The Kier molecular flexibility index (Phi) is 4.21. The Morgan fingerprint density at radius 2 is 1.95 bits per heavy atom. The van der Waals surface area contributed by atoms with Crippen LogP contribution in [0.3, 0.4) is 0 Å². The van der Waals surface area contributed by atoms with Gasteiger partial charge < -0.3 is 0 Å². The zero-order valence-electron chi connectivity index (χ0n) is 10.2. The molecular formula is C14H9BrFNO2S. The first-order valence-corrected chi connectivity index (χ1v) is 8.04. The third-order valence-corrected chi connectivity index (χ3v) is 4.84. The van der Waals surface area contributed by atoms with E-state index in [1.165, 1.54) is 24.3 Å². The van der Waals surface area contributed by atoms with Crippen LogP contribution in [-0.2, 0) is 15.6 Å². The molecule has 2 aromatic rings. The zero-order chi connectivity index (χ0) is 14.8. The number of nitrogens with zero attached hydrogens (tertiary/aromatic N) is 1. The number of benzene rings is 2. The Labute approximate surface area is 124 Å². The predicted octanol–water partition coefficient (Wildman–Crippen LogP) is 3.43. The minimum atomic E-state index is -3.63. The van der Waals surface area contributed by atoms with Gasteiger partial charge in [-0.15, -0.1) is 0 Å². The van der Waals surface area contributed by atoms with E-state index in [2.05, 4.69) is 15.9 Å². The highest BCUT2D eigenvalue weighted by Gasteiger charge is 2.18. The Balaban J connectivity index is 2.36. The molecule has 102 valence electrons. The summed E-state index contributed by atoms with van der Waals surface area (Å²) in [5.41, 5.74) is 0.204. The maximum Gasteiger partial charge on any atom is 0.182 e. The van der Waals surface area contributed by atoms with Crippen LogP contribution in [-0.4, -0.2) is 8.42 Å². The van der Waals surface area contributed by atoms with Gasteiger partial charge in [0.05, 0.1) is 22.3 Å². The molecule has 0 bridgehead atoms. The lowest BCUT2D eigenvalue weighted by atomic mass is 10.1. The minimum absolute atomic E-state index is 0.0453. The minimum Gasteiger partial charge on any atom is -0.223 e. The molecule has 0 heterocycles. The van der Waals surface area contributed by atoms with Crippen molar-refractivity contribution in [2.45, 2.75) is 10.6 Å². The SMILES string of the molecule is N#Cc1ccc(CS(=O)(=O)c2cccc(Br)c2)c(F)c1. The highest BCUT2D eigenvalue weighted by atomic mass is 79.9. The lowest BCUT2D eigenvalue weighted by molar-refractivity contribution is 0.587. The number of nitriles is 1. The quantitative estimate of drug-likeness (QED) is 0.849. The van der Waals surface area contributed by atoms with E-state index in [-0.39, 0.29) is 16.0 Å². The molecule has 2 rings (SSSR count). The van der Waals surface area contributed by atoms with Crippen LogP contribution < -0.4 is 0 Å². The van der Waals surface area contributed by atoms with Crippen molar-refractivity contribution in [1.29, 1.82) is 5.26 Å². The summed E-state index contributed by atoms with van der Waals surface area (Å²) in [6.45, 7) is 0. The molecule has 0 fully saturated rings. The van der Waals surface area contributed by atoms with Crippen LogP contribution in [0, 0.1) is 17.1 Å². The number of hydrogen-bond acceptors (Lipinski definition) is 3. The van der Waals surface area contributed by atoms with Crippen molar-refractivity contribution in [2.24, 2.45) is 0 Å². The molecule has 0 aliphatic heterocycles. The van der Waals surface area contributed by atoms with Crippen molar-refractivity contribution in [3.05, 3.63) is 63.9 Å². The first-order valence-electron chi connectivity index (χ1n) is 5.59. The molecule has 0 spiro atoms. The molecule has 3 nitrogen and oxygen atoms in total. The van der Waals surface area contributed by atoms with Gasteiger partial charge in [-0.25, -0.2) is 12.8 Å². The number of halogens is 2. The first kappa shape index (κ1) is 14.7. The average Bonchev–Trinajstić information content (AvgIpc) is 2.41. The lowest BCUT2D eigenvalue weighted by Crippen LogP contribution is -2.06. The summed E-state index contributed by atoms with van der Waals surface area (Å²) in [4.78, 5) is 0.121. The van der Waals surface area contributed by atoms with E-state index in [1.54, 1.807) is 18.2 Å². The van der Waals surface area contributed by atoms with Gasteiger partial charge in [-0.2, -0.15) is 5.26 Å². The van der Waals surface area contributed by atoms with E-state index in [0.717, 1.165) is 6.07 Å². The van der Waals surface area contributed by atoms with Gasteiger partial charge in [-0.1, -0.05) is 28.1 Å². The Morgan fingerprint density at radius 3 is 2.55 bits per heavy atom. The number of hydrogen-bond donors (Lipinski definition) is 0. The summed E-state index contributed by atoms with van der Waals surface area (Å²) in [7, 11) is -3.63. The third kappa shape index (κ3) is 3.24. The summed E-state index contributed by atoms with van der Waals surface area (Å²) in [6, 6.07) is 11.8. The van der Waals surface area contributed by atoms with Gasteiger partial charge in [-0.3, -0.25) is 0 Å². The molecule has 0 aliphatic rings. The number of rotatable bonds is 3. The van der Waals surface area contributed by atoms with Crippen LogP contribution in [0.4, 0.5) is 4.39 Å². The Hall–Kier alpha value is -1.71. The molecule has 0 amide bonds. The summed E-state index contributed by atoms with van der Waals surface area (Å²) in [5.74, 6) is -1.14. The molecule has 0 aliphatic carbocycles. The Morgan fingerprint density at radius 1 is 1.20 bits per heavy atom. The average molecular weight is 354 g/mol. The largest absolute Gasteiger partial charge is 0.223 e. The van der Waals surface area contributed by atoms with Crippen molar-refractivity contribution in [1.82, 2.24) is 0 Å². The fraction of sp³-hybridized carbons (Fsp3) is 0.0714. The van der Waals surface area contributed by atoms with Crippen LogP contribution in [0.25, 0.3) is 0 Å². The van der Waals surface area contributed by atoms with Crippen molar-refractivity contribution < 1.29 is 12.8 Å². The van der Waals surface area contributed by atoms with Crippen molar-refractivity contribution in [3.8, 4) is 6.07 Å². The van der Waals surface area contributed by atoms with E-state index in [9.17, 15) is 12.8 Å². The van der Waals surface area contributed by atoms with E-state index >= 15 is 0 Å². The molecule has 0 saturated carbocycles. The summed E-state index contributed by atoms with van der Waals surface area (Å²) < 4.78 is 38.8. The van der Waals surface area contributed by atoms with Crippen LogP contribution in [0.15, 0.2) is 51.8 Å². The van der Waals surface area contributed by atoms with E-state index in [4.69, 9.17) is 5.26 Å². The van der Waals surface area contributed by atoms with Gasteiger partial charge in [0, 0.05) is 10.0 Å². The second kappa shape index (κ2) is 5.73. The highest BCUT2D eigenvalue weighted by Crippen LogP contribution is 2.21. The third-order valence-electron chi connectivity index (χ3n) is 2.68. The van der Waals surface area contributed by atoms with Crippen LogP contribution in [0.5, 0.6) is 0 Å². The molecule has 0 aromatic heterocycles. The van der Waals surface area contributed by atoms with E-state index in [1.807, 2.05) is 0 Å². The van der Waals surface area contributed by atoms with Crippen LogP contribution in [0.1, 0.15) is 11.1 Å². The summed E-state index contributed by atoms with van der Waals surface area (Å²) >= 11 is 3.20. The maximum absolute atomic E-state index is 13.7. The van der Waals surface area contributed by atoms with Gasteiger partial charge in [0.25, 0.3) is 0 Å². The molecule has 0 unspecified atom stereocenters. The maximum atomic E-state index is 13.7. The fourth-order valence-electron chi connectivity index (χ4n) is 1.68. The second-order valence-electron chi connectivity index (χ2n) is 4.13. The number of sulfone groups is 1. The molecule has 20 heavy (non-hydrogen) atoms. The first-order chi connectivity index (χ1) is 9.42. The van der Waals surface area contributed by atoms with E-state index < -0.39 is 21.4 Å². The van der Waals surface area contributed by atoms with Crippen molar-refractivity contribution in [2.75, 3.05) is 0 Å².